The molecule has 1 aromatic rings. The Kier molecular flexibility index (Phi) is 3.01. The van der Waals surface area contributed by atoms with Crippen molar-refractivity contribution in [2.24, 2.45) is 0 Å². The predicted octanol–water partition coefficient (Wildman–Crippen LogP) is 3.31. The van der Waals surface area contributed by atoms with E-state index in [1.807, 2.05) is 30.3 Å². The second-order valence-electron chi connectivity index (χ2n) is 3.63. The van der Waals surface area contributed by atoms with Gasteiger partial charge >= 0.3 is 0 Å². The summed E-state index contributed by atoms with van der Waals surface area (Å²) in [5.41, 5.74) is 3.69. The fraction of sp³-hybridized carbons (Fsp3) is 0.0714. The molecule has 1 N–H and O–H groups in total. The molecule has 0 atom stereocenters. The molecule has 2 aliphatic carbocycles. The molecule has 0 fully saturated rings. The number of benzene rings is 2. The van der Waals surface area contributed by atoms with E-state index in [1.165, 1.54) is 18.1 Å². The van der Waals surface area contributed by atoms with Crippen molar-refractivity contribution >= 4 is 11.6 Å². The van der Waals surface area contributed by atoms with Gasteiger partial charge < -0.3 is 5.32 Å². The number of anilines is 1. The van der Waals surface area contributed by atoms with Gasteiger partial charge in [-0.05, 0) is 29.3 Å². The molecule has 2 heteroatoms. The molecule has 0 aromatic heterocycles. The first-order valence-electron chi connectivity index (χ1n) is 5.19. The fourth-order valence-electron chi connectivity index (χ4n) is 1.40. The quantitative estimate of drug-likeness (QED) is 0.657. The van der Waals surface area contributed by atoms with Gasteiger partial charge in [-0.2, -0.15) is 0 Å². The Morgan fingerprint density at radius 2 is 1.56 bits per heavy atom. The van der Waals surface area contributed by atoms with E-state index in [-0.39, 0.29) is 5.91 Å². The van der Waals surface area contributed by atoms with Crippen molar-refractivity contribution in [2.45, 2.75) is 6.92 Å². The van der Waals surface area contributed by atoms with Gasteiger partial charge in [0, 0.05) is 12.6 Å². The zero-order chi connectivity index (χ0) is 11.4. The van der Waals surface area contributed by atoms with Crippen LogP contribution in [-0.2, 0) is 4.79 Å². The van der Waals surface area contributed by atoms with E-state index in [9.17, 15) is 4.79 Å². The number of fused-ring (bicyclic) bond motifs is 1. The SMILES string of the molecule is CC(=O)Nc1ccccc1.c1cc2cc-2c1. The van der Waals surface area contributed by atoms with E-state index in [0.29, 0.717) is 0 Å². The Balaban J connectivity index is 0.000000134. The lowest BCUT2D eigenvalue weighted by Crippen LogP contribution is -2.04. The molecule has 1 amide bonds. The summed E-state index contributed by atoms with van der Waals surface area (Å²) in [5, 5.41) is 2.67. The molecule has 0 radical (unpaired) electrons. The number of carbonyl (C=O) groups excluding carboxylic acids is 1. The standard InChI is InChI=1S/C8H9NO.C6H4/c1-7(10)9-8-5-3-2-4-6-8;1-2-5-4-6(5)3-1/h2-6H,1H3,(H,9,10);1-4H. The van der Waals surface area contributed by atoms with Crippen molar-refractivity contribution in [1.82, 2.24) is 0 Å². The number of rotatable bonds is 1. The molecule has 2 aliphatic rings. The Bertz CT molecular complexity index is 474. The molecule has 16 heavy (non-hydrogen) atoms. The van der Waals surface area contributed by atoms with Crippen molar-refractivity contribution in [3.63, 3.8) is 0 Å². The van der Waals surface area contributed by atoms with Gasteiger partial charge in [0.2, 0.25) is 5.91 Å². The third-order valence-electron chi connectivity index (χ3n) is 2.21. The Morgan fingerprint density at radius 3 is 1.94 bits per heavy atom. The van der Waals surface area contributed by atoms with Crippen LogP contribution in [0.5, 0.6) is 0 Å². The summed E-state index contributed by atoms with van der Waals surface area (Å²) in [5.74, 6) is -0.0359. The average Bonchev–Trinajstić information content (AvgIpc) is 2.87. The van der Waals surface area contributed by atoms with Crippen molar-refractivity contribution < 1.29 is 4.79 Å². The number of nitrogens with one attached hydrogen (secondary N) is 1. The Morgan fingerprint density at radius 1 is 0.938 bits per heavy atom. The summed E-state index contributed by atoms with van der Waals surface area (Å²) in [6.07, 6.45) is 0. The topological polar surface area (TPSA) is 29.1 Å². The zero-order valence-electron chi connectivity index (χ0n) is 9.10. The third-order valence-corrected chi connectivity index (χ3v) is 2.21. The smallest absolute Gasteiger partial charge is 0.221 e. The van der Waals surface area contributed by atoms with Gasteiger partial charge in [-0.25, -0.2) is 0 Å². The summed E-state index contributed by atoms with van der Waals surface area (Å²) in [6, 6.07) is 17.8. The molecule has 3 rings (SSSR count). The lowest BCUT2D eigenvalue weighted by molar-refractivity contribution is -0.114. The van der Waals surface area contributed by atoms with Crippen LogP contribution in [-0.4, -0.2) is 5.91 Å². The van der Waals surface area contributed by atoms with Crippen molar-refractivity contribution in [1.29, 1.82) is 0 Å². The molecule has 0 bridgehead atoms. The van der Waals surface area contributed by atoms with E-state index in [1.54, 1.807) is 0 Å². The van der Waals surface area contributed by atoms with Crippen molar-refractivity contribution in [3.05, 3.63) is 54.6 Å². The minimum Gasteiger partial charge on any atom is -0.326 e. The first-order valence-corrected chi connectivity index (χ1v) is 5.19. The van der Waals surface area contributed by atoms with E-state index < -0.39 is 0 Å². The molecule has 0 saturated carbocycles. The van der Waals surface area contributed by atoms with Crippen LogP contribution in [0.15, 0.2) is 54.6 Å². The van der Waals surface area contributed by atoms with Gasteiger partial charge in [-0.3, -0.25) is 4.79 Å². The Hall–Kier alpha value is -2.09. The molecule has 0 aliphatic heterocycles. The molecule has 0 heterocycles. The maximum absolute atomic E-state index is 10.5. The number of hydrogen-bond acceptors (Lipinski definition) is 1. The predicted molar refractivity (Wildman–Crippen MR) is 66.2 cm³/mol. The molecule has 80 valence electrons. The van der Waals surface area contributed by atoms with E-state index in [2.05, 4.69) is 29.6 Å². The second kappa shape index (κ2) is 4.62. The number of amides is 1. The molecule has 1 aromatic carbocycles. The maximum atomic E-state index is 10.5. The first kappa shape index (κ1) is 10.4. The normalized spacial score (nSPS) is 9.81. The second-order valence-corrected chi connectivity index (χ2v) is 3.63. The minimum atomic E-state index is -0.0359. The van der Waals surface area contributed by atoms with Crippen molar-refractivity contribution in [2.75, 3.05) is 5.32 Å². The number of hydrogen-bond donors (Lipinski definition) is 1. The Labute approximate surface area is 94.9 Å². The largest absolute Gasteiger partial charge is 0.326 e. The highest BCUT2D eigenvalue weighted by Crippen LogP contribution is 2.32. The van der Waals surface area contributed by atoms with Crippen LogP contribution < -0.4 is 5.32 Å². The minimum absolute atomic E-state index is 0.0359. The van der Waals surface area contributed by atoms with Crippen LogP contribution in [0.3, 0.4) is 0 Å². The van der Waals surface area contributed by atoms with Gasteiger partial charge in [0.05, 0.1) is 0 Å². The van der Waals surface area contributed by atoms with Crippen LogP contribution in [0.2, 0.25) is 0 Å². The molecular weight excluding hydrogens is 198 g/mol. The van der Waals surface area contributed by atoms with Gasteiger partial charge in [-0.1, -0.05) is 36.4 Å². The number of carbonyl (C=O) groups is 1. The average molecular weight is 211 g/mol. The van der Waals surface area contributed by atoms with E-state index in [0.717, 1.165) is 5.69 Å². The van der Waals surface area contributed by atoms with Crippen LogP contribution in [0, 0.1) is 0 Å². The lowest BCUT2D eigenvalue weighted by Gasteiger charge is -1.98. The molecule has 0 saturated heterocycles. The highest BCUT2D eigenvalue weighted by Gasteiger charge is 2.06. The highest BCUT2D eigenvalue weighted by molar-refractivity contribution is 5.88. The zero-order valence-corrected chi connectivity index (χ0v) is 9.10. The lowest BCUT2D eigenvalue weighted by atomic mass is 10.3. The summed E-state index contributed by atoms with van der Waals surface area (Å²) in [6.45, 7) is 1.49. The van der Waals surface area contributed by atoms with Crippen LogP contribution >= 0.6 is 0 Å². The highest BCUT2D eigenvalue weighted by atomic mass is 16.1. The fourth-order valence-corrected chi connectivity index (χ4v) is 1.40. The molecule has 0 unspecified atom stereocenters. The molecule has 2 nitrogen and oxygen atoms in total. The molecular formula is C14H13NO. The first-order chi connectivity index (χ1) is 7.75. The monoisotopic (exact) mass is 211 g/mol. The van der Waals surface area contributed by atoms with Gasteiger partial charge in [0.25, 0.3) is 0 Å². The van der Waals surface area contributed by atoms with E-state index >= 15 is 0 Å². The summed E-state index contributed by atoms with van der Waals surface area (Å²) < 4.78 is 0. The van der Waals surface area contributed by atoms with Gasteiger partial charge in [0.1, 0.15) is 0 Å². The maximum Gasteiger partial charge on any atom is 0.221 e. The van der Waals surface area contributed by atoms with Crippen LogP contribution in [0.1, 0.15) is 6.92 Å². The van der Waals surface area contributed by atoms with Gasteiger partial charge in [0.15, 0.2) is 0 Å². The van der Waals surface area contributed by atoms with Gasteiger partial charge in [-0.15, -0.1) is 0 Å². The van der Waals surface area contributed by atoms with Crippen LogP contribution in [0.25, 0.3) is 11.1 Å². The third kappa shape index (κ3) is 2.95. The summed E-state index contributed by atoms with van der Waals surface area (Å²) in [4.78, 5) is 10.5. The summed E-state index contributed by atoms with van der Waals surface area (Å²) in [7, 11) is 0. The van der Waals surface area contributed by atoms with Crippen molar-refractivity contribution in [3.8, 4) is 11.1 Å². The van der Waals surface area contributed by atoms with E-state index in [4.69, 9.17) is 0 Å². The number of para-hydroxylation sites is 1. The molecule has 0 spiro atoms. The van der Waals surface area contributed by atoms with Crippen LogP contribution in [0.4, 0.5) is 5.69 Å². The summed E-state index contributed by atoms with van der Waals surface area (Å²) >= 11 is 0.